The number of carbonyl (C=O) groups is 2. The first-order chi connectivity index (χ1) is 18.3. The molecule has 0 saturated heterocycles. The number of fused-ring (bicyclic) bond motifs is 1. The number of oxazole rings is 1. The fourth-order valence-corrected chi connectivity index (χ4v) is 3.62. The minimum absolute atomic E-state index is 0.0389. The first kappa shape index (κ1) is 28.0. The zero-order chi connectivity index (χ0) is 28.4. The summed E-state index contributed by atoms with van der Waals surface area (Å²) in [6.07, 6.45) is -6.35. The fourth-order valence-electron chi connectivity index (χ4n) is 3.45. The van der Waals surface area contributed by atoms with E-state index >= 15 is 0 Å². The van der Waals surface area contributed by atoms with Gasteiger partial charge in [0, 0.05) is 10.6 Å². The summed E-state index contributed by atoms with van der Waals surface area (Å²) in [5.41, 5.74) is -0.712. The lowest BCUT2D eigenvalue weighted by Gasteiger charge is -2.21. The minimum atomic E-state index is -4.67. The Morgan fingerprint density at radius 3 is 2.41 bits per heavy atom. The van der Waals surface area contributed by atoms with E-state index in [1.807, 2.05) is 0 Å². The van der Waals surface area contributed by atoms with E-state index in [9.17, 15) is 22.8 Å². The van der Waals surface area contributed by atoms with Crippen molar-refractivity contribution in [1.29, 1.82) is 0 Å². The molecule has 0 spiro atoms. The second kappa shape index (κ2) is 11.0. The van der Waals surface area contributed by atoms with Crippen molar-refractivity contribution in [1.82, 2.24) is 4.98 Å². The molecule has 0 aliphatic rings. The average Bonchev–Trinajstić information content (AvgIpc) is 3.31. The molecule has 0 fully saturated rings. The van der Waals surface area contributed by atoms with Gasteiger partial charge in [0.05, 0.1) is 16.5 Å². The maximum absolute atomic E-state index is 13.4. The number of nitrogens with zero attached hydrogens (tertiary/aromatic N) is 1. The molecule has 1 heterocycles. The lowest BCUT2D eigenvalue weighted by molar-refractivity contribution is -0.177. The van der Waals surface area contributed by atoms with Crippen LogP contribution >= 0.6 is 11.6 Å². The number of rotatable bonds is 7. The Balaban J connectivity index is 1.70. The number of benzene rings is 3. The van der Waals surface area contributed by atoms with Crippen molar-refractivity contribution < 1.29 is 41.4 Å². The molecule has 1 atom stereocenters. The normalized spacial score (nSPS) is 12.7. The number of hydrogen-bond acceptors (Lipinski definition) is 7. The van der Waals surface area contributed by atoms with Gasteiger partial charge in [0.2, 0.25) is 18.8 Å². The van der Waals surface area contributed by atoms with Crippen LogP contribution < -0.4 is 4.74 Å². The zero-order valence-electron chi connectivity index (χ0n) is 21.0. The molecule has 1 unspecified atom stereocenters. The lowest BCUT2D eigenvalue weighted by Crippen LogP contribution is -2.27. The molecule has 4 rings (SSSR count). The Hall–Kier alpha value is -4.05. The molecular weight excluding hydrogens is 539 g/mol. The third-order valence-electron chi connectivity index (χ3n) is 5.45. The predicted molar refractivity (Wildman–Crippen MR) is 136 cm³/mol. The van der Waals surface area contributed by atoms with Crippen LogP contribution in [-0.4, -0.2) is 23.7 Å². The maximum atomic E-state index is 13.4. The third kappa shape index (κ3) is 6.69. The largest absolute Gasteiger partial charge is 0.473 e. The quantitative estimate of drug-likeness (QED) is 0.172. The van der Waals surface area contributed by atoms with Crippen molar-refractivity contribution >= 4 is 34.6 Å². The summed E-state index contributed by atoms with van der Waals surface area (Å²) < 4.78 is 62.2. The highest BCUT2D eigenvalue weighted by Crippen LogP contribution is 2.38. The van der Waals surface area contributed by atoms with Gasteiger partial charge >= 0.3 is 18.1 Å². The number of ether oxygens (including phenoxy) is 3. The summed E-state index contributed by atoms with van der Waals surface area (Å²) in [5, 5.41) is 0.298. The van der Waals surface area contributed by atoms with Crippen LogP contribution in [0.25, 0.3) is 22.6 Å². The number of aromatic nitrogens is 1. The number of para-hydroxylation sites is 2. The van der Waals surface area contributed by atoms with E-state index < -0.39 is 42.0 Å². The number of halogens is 4. The monoisotopic (exact) mass is 561 g/mol. The summed E-state index contributed by atoms with van der Waals surface area (Å²) in [6.45, 7) is 4.08. The van der Waals surface area contributed by atoms with Crippen molar-refractivity contribution in [3.8, 4) is 17.2 Å². The van der Waals surface area contributed by atoms with E-state index in [1.54, 1.807) is 45.0 Å². The molecule has 4 aromatic rings. The van der Waals surface area contributed by atoms with Gasteiger partial charge in [-0.1, -0.05) is 35.9 Å². The molecule has 204 valence electrons. The highest BCUT2D eigenvalue weighted by atomic mass is 35.5. The van der Waals surface area contributed by atoms with Crippen LogP contribution in [0.4, 0.5) is 13.2 Å². The van der Waals surface area contributed by atoms with Crippen molar-refractivity contribution in [2.24, 2.45) is 5.41 Å². The summed E-state index contributed by atoms with van der Waals surface area (Å²) in [6, 6.07) is 15.4. The SMILES string of the molecule is CC(C)(C)C(=O)OCOC(=O)C(Oc1ccc(Cl)cc1-c1nc2ccccc2o1)c1cccc(C(F)(F)F)c1. The van der Waals surface area contributed by atoms with Gasteiger partial charge in [0.15, 0.2) is 5.58 Å². The van der Waals surface area contributed by atoms with Crippen LogP contribution in [0.15, 0.2) is 71.1 Å². The van der Waals surface area contributed by atoms with Gasteiger partial charge in [-0.05, 0) is 63.2 Å². The lowest BCUT2D eigenvalue weighted by atomic mass is 9.98. The molecule has 39 heavy (non-hydrogen) atoms. The van der Waals surface area contributed by atoms with E-state index in [2.05, 4.69) is 4.98 Å². The number of carbonyl (C=O) groups excluding carboxylic acids is 2. The van der Waals surface area contributed by atoms with E-state index in [0.717, 1.165) is 18.2 Å². The molecule has 1 aromatic heterocycles. The molecule has 0 aliphatic carbocycles. The second-order valence-corrected chi connectivity index (χ2v) is 9.95. The van der Waals surface area contributed by atoms with Crippen LogP contribution in [0, 0.1) is 5.41 Å². The van der Waals surface area contributed by atoms with Crippen molar-refractivity contribution in [2.45, 2.75) is 33.1 Å². The third-order valence-corrected chi connectivity index (χ3v) is 5.68. The predicted octanol–water partition coefficient (Wildman–Crippen LogP) is 7.38. The Kier molecular flexibility index (Phi) is 7.87. The van der Waals surface area contributed by atoms with Crippen molar-refractivity contribution in [3.63, 3.8) is 0 Å². The fraction of sp³-hybridized carbons (Fsp3) is 0.250. The minimum Gasteiger partial charge on any atom is -0.473 e. The highest BCUT2D eigenvalue weighted by molar-refractivity contribution is 6.30. The van der Waals surface area contributed by atoms with E-state index in [0.29, 0.717) is 16.1 Å². The van der Waals surface area contributed by atoms with Crippen LogP contribution in [0.3, 0.4) is 0 Å². The zero-order valence-corrected chi connectivity index (χ0v) is 21.8. The van der Waals surface area contributed by atoms with Gasteiger partial charge in [0.1, 0.15) is 11.3 Å². The van der Waals surface area contributed by atoms with Crippen molar-refractivity contribution in [3.05, 3.63) is 82.9 Å². The Bertz CT molecular complexity index is 1480. The average molecular weight is 562 g/mol. The Morgan fingerprint density at radius 1 is 0.974 bits per heavy atom. The molecule has 7 nitrogen and oxygen atoms in total. The van der Waals surface area contributed by atoms with Crippen LogP contribution in [0.5, 0.6) is 5.75 Å². The summed E-state index contributed by atoms with van der Waals surface area (Å²) >= 11 is 6.20. The molecular formula is C28H23ClF3NO6. The first-order valence-corrected chi connectivity index (χ1v) is 12.0. The number of hydrogen-bond donors (Lipinski definition) is 0. The highest BCUT2D eigenvalue weighted by Gasteiger charge is 2.34. The van der Waals surface area contributed by atoms with Crippen molar-refractivity contribution in [2.75, 3.05) is 6.79 Å². The molecule has 0 N–H and O–H groups in total. The van der Waals surface area contributed by atoms with Crippen LogP contribution in [0.2, 0.25) is 5.02 Å². The van der Waals surface area contributed by atoms with Gasteiger partial charge < -0.3 is 18.6 Å². The standard InChI is InChI=1S/C28H23ClF3NO6/c1-27(2,3)26(35)37-15-36-25(34)23(16-7-6-8-17(13-16)28(30,31)32)38-21-12-11-18(29)14-19(21)24-33-20-9-4-5-10-22(20)39-24/h4-14,23H,15H2,1-3H3. The molecule has 0 radical (unpaired) electrons. The van der Waals surface area contributed by atoms with E-state index in [4.69, 9.17) is 30.2 Å². The van der Waals surface area contributed by atoms with Gasteiger partial charge in [-0.15, -0.1) is 0 Å². The Labute approximate surface area is 226 Å². The topological polar surface area (TPSA) is 87.9 Å². The molecule has 3 aromatic carbocycles. The maximum Gasteiger partial charge on any atom is 0.416 e. The summed E-state index contributed by atoms with van der Waals surface area (Å²) in [4.78, 5) is 29.6. The van der Waals surface area contributed by atoms with Crippen LogP contribution in [0.1, 0.15) is 38.0 Å². The van der Waals surface area contributed by atoms with E-state index in [-0.39, 0.29) is 22.8 Å². The smallest absolute Gasteiger partial charge is 0.416 e. The van der Waals surface area contributed by atoms with Crippen LogP contribution in [-0.2, 0) is 25.2 Å². The second-order valence-electron chi connectivity index (χ2n) is 9.51. The van der Waals surface area contributed by atoms with Gasteiger partial charge in [0.25, 0.3) is 0 Å². The van der Waals surface area contributed by atoms with Gasteiger partial charge in [-0.25, -0.2) is 9.78 Å². The van der Waals surface area contributed by atoms with Gasteiger partial charge in [-0.2, -0.15) is 13.2 Å². The summed E-state index contributed by atoms with van der Waals surface area (Å²) in [5.74, 6) is -1.57. The number of alkyl halides is 3. The Morgan fingerprint density at radius 2 is 1.72 bits per heavy atom. The van der Waals surface area contributed by atoms with Gasteiger partial charge in [-0.3, -0.25) is 4.79 Å². The molecule has 11 heteroatoms. The first-order valence-electron chi connectivity index (χ1n) is 11.7. The summed E-state index contributed by atoms with van der Waals surface area (Å²) in [7, 11) is 0. The molecule has 0 saturated carbocycles. The molecule has 0 aliphatic heterocycles. The molecule has 0 bridgehead atoms. The molecule has 0 amide bonds. The number of esters is 2. The van der Waals surface area contributed by atoms with E-state index in [1.165, 1.54) is 24.3 Å².